The van der Waals surface area contributed by atoms with Gasteiger partial charge in [0, 0.05) is 31.6 Å². The van der Waals surface area contributed by atoms with E-state index in [9.17, 15) is 18.0 Å². The first kappa shape index (κ1) is 17.3. The number of nitrogens with one attached hydrogen (secondary N) is 1. The second kappa shape index (κ2) is 6.75. The van der Waals surface area contributed by atoms with Crippen LogP contribution in [0.4, 0.5) is 13.2 Å². The summed E-state index contributed by atoms with van der Waals surface area (Å²) in [5, 5.41) is 3.11. The molecule has 1 saturated carbocycles. The molecule has 0 unspecified atom stereocenters. The van der Waals surface area contributed by atoms with Gasteiger partial charge in [-0.15, -0.1) is 0 Å². The Kier molecular flexibility index (Phi) is 4.85. The molecular formula is C18H23F3N2O. The van der Waals surface area contributed by atoms with E-state index in [0.717, 1.165) is 38.4 Å². The number of alkyl halides is 3. The van der Waals surface area contributed by atoms with E-state index in [-0.39, 0.29) is 17.9 Å². The molecule has 24 heavy (non-hydrogen) atoms. The quantitative estimate of drug-likeness (QED) is 0.911. The smallest absolute Gasteiger partial charge is 0.353 e. The van der Waals surface area contributed by atoms with E-state index in [1.165, 1.54) is 12.1 Å². The van der Waals surface area contributed by atoms with E-state index < -0.39 is 11.7 Å². The number of carbonyl (C=O) groups is 1. The molecule has 3 rings (SSSR count). The van der Waals surface area contributed by atoms with Crippen LogP contribution in [-0.4, -0.2) is 29.9 Å². The second-order valence-corrected chi connectivity index (χ2v) is 7.08. The minimum Gasteiger partial charge on any atom is -0.353 e. The fraction of sp³-hybridized carbons (Fsp3) is 0.611. The van der Waals surface area contributed by atoms with Gasteiger partial charge >= 0.3 is 6.18 Å². The highest BCUT2D eigenvalue weighted by Crippen LogP contribution is 2.38. The van der Waals surface area contributed by atoms with Crippen molar-refractivity contribution in [2.45, 2.75) is 44.9 Å². The molecule has 2 fully saturated rings. The van der Waals surface area contributed by atoms with Gasteiger partial charge in [0.25, 0.3) is 0 Å². The highest BCUT2D eigenvalue weighted by molar-refractivity contribution is 5.81. The van der Waals surface area contributed by atoms with Crippen molar-refractivity contribution in [3.05, 3.63) is 35.4 Å². The van der Waals surface area contributed by atoms with Gasteiger partial charge in [-0.2, -0.15) is 13.2 Å². The monoisotopic (exact) mass is 340 g/mol. The molecule has 1 heterocycles. The number of piperidine rings is 1. The normalized spacial score (nSPS) is 25.5. The minimum absolute atomic E-state index is 0.166. The summed E-state index contributed by atoms with van der Waals surface area (Å²) in [5.41, 5.74) is 0.0832. The third kappa shape index (κ3) is 4.29. The van der Waals surface area contributed by atoms with Gasteiger partial charge in [0.1, 0.15) is 0 Å². The highest BCUT2D eigenvalue weighted by Gasteiger charge is 2.39. The SMILES string of the molecule is C[C@H]1C[C@@H]1C(=O)NC1CCN(Cc2cccc(C(F)(F)F)c2)CC1. The number of halogens is 3. The van der Waals surface area contributed by atoms with Crippen LogP contribution < -0.4 is 5.32 Å². The van der Waals surface area contributed by atoms with E-state index in [1.807, 2.05) is 0 Å². The summed E-state index contributed by atoms with van der Waals surface area (Å²) in [6.07, 6.45) is -1.61. The summed E-state index contributed by atoms with van der Waals surface area (Å²) in [5.74, 6) is 0.859. The third-order valence-electron chi connectivity index (χ3n) is 5.04. The molecule has 3 nitrogen and oxygen atoms in total. The summed E-state index contributed by atoms with van der Waals surface area (Å²) >= 11 is 0. The first-order valence-corrected chi connectivity index (χ1v) is 8.52. The predicted molar refractivity (Wildman–Crippen MR) is 85.2 cm³/mol. The molecule has 1 aliphatic carbocycles. The Hall–Kier alpha value is -1.56. The van der Waals surface area contributed by atoms with Crippen LogP contribution in [0.2, 0.25) is 0 Å². The van der Waals surface area contributed by atoms with E-state index in [2.05, 4.69) is 17.1 Å². The molecule has 2 aliphatic rings. The summed E-state index contributed by atoms with van der Waals surface area (Å²) in [7, 11) is 0. The predicted octanol–water partition coefficient (Wildman–Crippen LogP) is 3.44. The summed E-state index contributed by atoms with van der Waals surface area (Å²) < 4.78 is 38.3. The maximum absolute atomic E-state index is 12.8. The number of rotatable bonds is 4. The number of hydrogen-bond donors (Lipinski definition) is 1. The highest BCUT2D eigenvalue weighted by atomic mass is 19.4. The molecular weight excluding hydrogens is 317 g/mol. The van der Waals surface area contributed by atoms with Crippen LogP contribution in [0.15, 0.2) is 24.3 Å². The van der Waals surface area contributed by atoms with Crippen molar-refractivity contribution in [2.75, 3.05) is 13.1 Å². The fourth-order valence-electron chi connectivity index (χ4n) is 3.34. The van der Waals surface area contributed by atoms with Crippen molar-refractivity contribution in [3.8, 4) is 0 Å². The van der Waals surface area contributed by atoms with Gasteiger partial charge in [-0.25, -0.2) is 0 Å². The van der Waals surface area contributed by atoms with Crippen LogP contribution >= 0.6 is 0 Å². The Bertz CT molecular complexity index is 594. The summed E-state index contributed by atoms with van der Waals surface area (Å²) in [6, 6.07) is 5.72. The molecule has 1 aromatic rings. The van der Waals surface area contributed by atoms with Crippen molar-refractivity contribution >= 4 is 5.91 Å². The Balaban J connectivity index is 1.48. The summed E-state index contributed by atoms with van der Waals surface area (Å²) in [4.78, 5) is 14.1. The molecule has 1 aromatic carbocycles. The fourth-order valence-corrected chi connectivity index (χ4v) is 3.34. The maximum Gasteiger partial charge on any atom is 0.416 e. The van der Waals surface area contributed by atoms with Crippen LogP contribution in [0.3, 0.4) is 0 Å². The second-order valence-electron chi connectivity index (χ2n) is 7.08. The molecule has 0 spiro atoms. The number of hydrogen-bond acceptors (Lipinski definition) is 2. The lowest BCUT2D eigenvalue weighted by atomic mass is 10.0. The molecule has 6 heteroatoms. The molecule has 1 N–H and O–H groups in total. The number of nitrogens with zero attached hydrogens (tertiary/aromatic N) is 1. The van der Waals surface area contributed by atoms with Crippen LogP contribution in [0.5, 0.6) is 0 Å². The lowest BCUT2D eigenvalue weighted by molar-refractivity contribution is -0.137. The Morgan fingerprint density at radius 2 is 1.96 bits per heavy atom. The average molecular weight is 340 g/mol. The van der Waals surface area contributed by atoms with Crippen molar-refractivity contribution in [1.29, 1.82) is 0 Å². The molecule has 0 radical (unpaired) electrons. The zero-order valence-corrected chi connectivity index (χ0v) is 13.8. The molecule has 0 aromatic heterocycles. The molecule has 132 valence electrons. The van der Waals surface area contributed by atoms with Crippen molar-refractivity contribution in [3.63, 3.8) is 0 Å². The standard InChI is InChI=1S/C18H23F3N2O/c1-12-9-16(12)17(24)22-15-5-7-23(8-6-15)11-13-3-2-4-14(10-13)18(19,20)21/h2-4,10,12,15-16H,5-9,11H2,1H3,(H,22,24)/t12-,16-/m0/s1. The van der Waals surface area contributed by atoms with E-state index in [4.69, 9.17) is 0 Å². The summed E-state index contributed by atoms with van der Waals surface area (Å²) in [6.45, 7) is 4.19. The molecule has 1 amide bonds. The van der Waals surface area contributed by atoms with Gasteiger partial charge in [-0.1, -0.05) is 25.1 Å². The van der Waals surface area contributed by atoms with Gasteiger partial charge in [0.15, 0.2) is 0 Å². The van der Waals surface area contributed by atoms with Gasteiger partial charge < -0.3 is 5.32 Å². The number of likely N-dealkylation sites (tertiary alicyclic amines) is 1. The third-order valence-corrected chi connectivity index (χ3v) is 5.04. The minimum atomic E-state index is -4.30. The molecule has 1 aliphatic heterocycles. The molecule has 2 atom stereocenters. The van der Waals surface area contributed by atoms with Gasteiger partial charge in [0.2, 0.25) is 5.91 Å². The van der Waals surface area contributed by atoms with Gasteiger partial charge in [-0.05, 0) is 36.8 Å². The molecule has 1 saturated heterocycles. The zero-order valence-electron chi connectivity index (χ0n) is 13.8. The van der Waals surface area contributed by atoms with Crippen LogP contribution in [0.1, 0.15) is 37.3 Å². The van der Waals surface area contributed by atoms with Crippen LogP contribution in [0.25, 0.3) is 0 Å². The van der Waals surface area contributed by atoms with E-state index in [0.29, 0.717) is 18.0 Å². The maximum atomic E-state index is 12.8. The van der Waals surface area contributed by atoms with Crippen molar-refractivity contribution in [2.24, 2.45) is 11.8 Å². The number of carbonyl (C=O) groups excluding carboxylic acids is 1. The lowest BCUT2D eigenvalue weighted by Crippen LogP contribution is -2.44. The Labute approximate surface area is 140 Å². The van der Waals surface area contributed by atoms with Gasteiger partial charge in [0.05, 0.1) is 5.56 Å². The van der Waals surface area contributed by atoms with Crippen molar-refractivity contribution < 1.29 is 18.0 Å². The Morgan fingerprint density at radius 1 is 1.29 bits per heavy atom. The van der Waals surface area contributed by atoms with Crippen LogP contribution in [-0.2, 0) is 17.5 Å². The van der Waals surface area contributed by atoms with E-state index in [1.54, 1.807) is 6.07 Å². The lowest BCUT2D eigenvalue weighted by Gasteiger charge is -2.32. The number of amides is 1. The Morgan fingerprint density at radius 3 is 2.54 bits per heavy atom. The van der Waals surface area contributed by atoms with Gasteiger partial charge in [-0.3, -0.25) is 9.69 Å². The molecule has 0 bridgehead atoms. The zero-order chi connectivity index (χ0) is 17.3. The average Bonchev–Trinajstić information content (AvgIpc) is 3.26. The topological polar surface area (TPSA) is 32.3 Å². The van der Waals surface area contributed by atoms with E-state index >= 15 is 0 Å². The van der Waals surface area contributed by atoms with Crippen molar-refractivity contribution in [1.82, 2.24) is 10.2 Å². The van der Waals surface area contributed by atoms with Crippen LogP contribution in [0, 0.1) is 11.8 Å². The number of benzene rings is 1. The first-order valence-electron chi connectivity index (χ1n) is 8.52. The largest absolute Gasteiger partial charge is 0.416 e. The first-order chi connectivity index (χ1) is 11.3.